The summed E-state index contributed by atoms with van der Waals surface area (Å²) >= 11 is 0. The Labute approximate surface area is 132 Å². The highest BCUT2D eigenvalue weighted by Crippen LogP contribution is 2.27. The first-order chi connectivity index (χ1) is 11.4. The highest BCUT2D eigenvalue weighted by atomic mass is 19.4. The molecular formula is C13H10F3N7O. The molecule has 3 rings (SSSR count). The summed E-state index contributed by atoms with van der Waals surface area (Å²) in [5.74, 6) is -1.22. The van der Waals surface area contributed by atoms with E-state index in [1.165, 1.54) is 18.3 Å². The molecule has 0 aliphatic heterocycles. The summed E-state index contributed by atoms with van der Waals surface area (Å²) in [5.41, 5.74) is -0.0502. The normalized spacial score (nSPS) is 11.5. The Balaban J connectivity index is 1.70. The lowest BCUT2D eigenvalue weighted by atomic mass is 10.4. The van der Waals surface area contributed by atoms with Crippen molar-refractivity contribution in [2.45, 2.75) is 6.18 Å². The average molecular weight is 337 g/mol. The fourth-order valence-electron chi connectivity index (χ4n) is 1.85. The minimum atomic E-state index is -4.68. The number of fused-ring (bicyclic) bond motifs is 1. The Morgan fingerprint density at radius 2 is 1.96 bits per heavy atom. The van der Waals surface area contributed by atoms with Crippen molar-refractivity contribution in [1.29, 1.82) is 0 Å². The molecule has 0 aliphatic rings. The summed E-state index contributed by atoms with van der Waals surface area (Å²) in [7, 11) is 0. The summed E-state index contributed by atoms with van der Waals surface area (Å²) in [5, 5.41) is 15.4. The molecule has 1 amide bonds. The van der Waals surface area contributed by atoms with Crippen molar-refractivity contribution in [3.63, 3.8) is 0 Å². The molecule has 0 atom stereocenters. The van der Waals surface area contributed by atoms with Crippen molar-refractivity contribution in [3.8, 4) is 0 Å². The number of rotatable bonds is 4. The number of pyridine rings is 1. The van der Waals surface area contributed by atoms with Crippen molar-refractivity contribution in [3.05, 3.63) is 42.4 Å². The Hall–Kier alpha value is -3.24. The first-order valence-electron chi connectivity index (χ1n) is 6.68. The predicted molar refractivity (Wildman–Crippen MR) is 77.1 cm³/mol. The van der Waals surface area contributed by atoms with Crippen LogP contribution in [0.15, 0.2) is 36.5 Å². The van der Waals surface area contributed by atoms with Crippen molar-refractivity contribution >= 4 is 23.2 Å². The molecule has 0 bridgehead atoms. The van der Waals surface area contributed by atoms with Gasteiger partial charge in [0, 0.05) is 6.20 Å². The first-order valence-corrected chi connectivity index (χ1v) is 6.68. The second-order valence-corrected chi connectivity index (χ2v) is 4.63. The standard InChI is InChI=1S/C13H10F3N7O/c14-13(15,16)12-21-20-10-5-4-9(22-23(10)12)18-7-11(24)19-8-3-1-2-6-17-8/h1-6H,7H2,(H,18,22)(H,17,19,24). The minimum absolute atomic E-state index is 0.0502. The van der Waals surface area contributed by atoms with Gasteiger partial charge in [-0.15, -0.1) is 15.3 Å². The molecule has 11 heteroatoms. The maximum atomic E-state index is 12.8. The molecule has 0 saturated heterocycles. The number of nitrogens with one attached hydrogen (secondary N) is 2. The Bertz CT molecular complexity index is 863. The number of halogens is 3. The van der Waals surface area contributed by atoms with Crippen molar-refractivity contribution < 1.29 is 18.0 Å². The first kappa shape index (κ1) is 15.6. The van der Waals surface area contributed by atoms with E-state index >= 15 is 0 Å². The molecule has 124 valence electrons. The molecule has 24 heavy (non-hydrogen) atoms. The summed E-state index contributed by atoms with van der Waals surface area (Å²) < 4.78 is 38.9. The zero-order chi connectivity index (χ0) is 17.2. The summed E-state index contributed by atoms with van der Waals surface area (Å²) in [6.07, 6.45) is -3.16. The monoisotopic (exact) mass is 337 g/mol. The number of carbonyl (C=O) groups is 1. The Morgan fingerprint density at radius 1 is 1.12 bits per heavy atom. The van der Waals surface area contributed by atoms with Crippen LogP contribution in [0, 0.1) is 0 Å². The minimum Gasteiger partial charge on any atom is -0.360 e. The third-order valence-corrected chi connectivity index (χ3v) is 2.88. The van der Waals surface area contributed by atoms with Gasteiger partial charge in [-0.2, -0.15) is 17.7 Å². The van der Waals surface area contributed by atoms with E-state index in [1.54, 1.807) is 18.2 Å². The zero-order valence-corrected chi connectivity index (χ0v) is 11.9. The van der Waals surface area contributed by atoms with E-state index in [0.717, 1.165) is 0 Å². The van der Waals surface area contributed by atoms with E-state index in [1.807, 2.05) is 0 Å². The van der Waals surface area contributed by atoms with Crippen molar-refractivity contribution in [1.82, 2.24) is 24.8 Å². The fourth-order valence-corrected chi connectivity index (χ4v) is 1.85. The lowest BCUT2D eigenvalue weighted by molar-refractivity contribution is -0.146. The fraction of sp³-hybridized carbons (Fsp3) is 0.154. The molecule has 3 heterocycles. The van der Waals surface area contributed by atoms with Gasteiger partial charge in [0.2, 0.25) is 5.91 Å². The number of nitrogens with zero attached hydrogens (tertiary/aromatic N) is 5. The Morgan fingerprint density at radius 3 is 2.67 bits per heavy atom. The number of hydrogen-bond acceptors (Lipinski definition) is 6. The van der Waals surface area contributed by atoms with Gasteiger partial charge in [0.05, 0.1) is 6.54 Å². The van der Waals surface area contributed by atoms with Gasteiger partial charge in [0.15, 0.2) is 5.65 Å². The third-order valence-electron chi connectivity index (χ3n) is 2.88. The van der Waals surface area contributed by atoms with Crippen LogP contribution in [-0.2, 0) is 11.0 Å². The molecule has 0 saturated carbocycles. The topological polar surface area (TPSA) is 97.1 Å². The van der Waals surface area contributed by atoms with Crippen molar-refractivity contribution in [2.24, 2.45) is 0 Å². The maximum absolute atomic E-state index is 12.8. The summed E-state index contributed by atoms with van der Waals surface area (Å²) in [4.78, 5) is 15.7. The zero-order valence-electron chi connectivity index (χ0n) is 11.9. The average Bonchev–Trinajstić information content (AvgIpc) is 2.97. The van der Waals surface area contributed by atoms with Gasteiger partial charge in [-0.25, -0.2) is 4.98 Å². The molecule has 3 aromatic rings. The largest absolute Gasteiger partial charge is 0.453 e. The number of alkyl halides is 3. The van der Waals surface area contributed by atoms with Crippen LogP contribution in [0.1, 0.15) is 5.82 Å². The summed E-state index contributed by atoms with van der Waals surface area (Å²) in [6, 6.07) is 7.72. The smallest absolute Gasteiger partial charge is 0.360 e. The maximum Gasteiger partial charge on any atom is 0.453 e. The van der Waals surface area contributed by atoms with Gasteiger partial charge in [0.25, 0.3) is 5.82 Å². The quantitative estimate of drug-likeness (QED) is 0.750. The van der Waals surface area contributed by atoms with Crippen LogP contribution in [0.4, 0.5) is 24.8 Å². The number of aromatic nitrogens is 5. The highest BCUT2D eigenvalue weighted by Gasteiger charge is 2.37. The van der Waals surface area contributed by atoms with Crippen LogP contribution >= 0.6 is 0 Å². The summed E-state index contributed by atoms with van der Waals surface area (Å²) in [6.45, 7) is -0.196. The molecule has 0 fully saturated rings. The van der Waals surface area contributed by atoms with Gasteiger partial charge in [-0.1, -0.05) is 6.07 Å². The van der Waals surface area contributed by atoms with Crippen LogP contribution in [0.25, 0.3) is 5.65 Å². The van der Waals surface area contributed by atoms with E-state index in [9.17, 15) is 18.0 Å². The molecule has 0 aliphatic carbocycles. The van der Waals surface area contributed by atoms with Crippen LogP contribution in [0.3, 0.4) is 0 Å². The highest BCUT2D eigenvalue weighted by molar-refractivity contribution is 5.92. The van der Waals surface area contributed by atoms with E-state index in [0.29, 0.717) is 10.3 Å². The van der Waals surface area contributed by atoms with E-state index < -0.39 is 17.9 Å². The van der Waals surface area contributed by atoms with Crippen molar-refractivity contribution in [2.75, 3.05) is 17.2 Å². The van der Waals surface area contributed by atoms with E-state index in [-0.39, 0.29) is 18.0 Å². The van der Waals surface area contributed by atoms with Gasteiger partial charge in [-0.05, 0) is 24.3 Å². The SMILES string of the molecule is O=C(CNc1ccc2nnc(C(F)(F)F)n2n1)Nc1ccccn1. The second kappa shape index (κ2) is 6.10. The number of amides is 1. The van der Waals surface area contributed by atoms with Gasteiger partial charge in [-0.3, -0.25) is 4.79 Å². The van der Waals surface area contributed by atoms with Crippen LogP contribution in [0.2, 0.25) is 0 Å². The molecular weight excluding hydrogens is 327 g/mol. The molecule has 2 N–H and O–H groups in total. The van der Waals surface area contributed by atoms with E-state index in [2.05, 4.69) is 30.9 Å². The molecule has 0 aromatic carbocycles. The lowest BCUT2D eigenvalue weighted by Gasteiger charge is -2.07. The van der Waals surface area contributed by atoms with Crippen LogP contribution in [0.5, 0.6) is 0 Å². The van der Waals surface area contributed by atoms with Gasteiger partial charge < -0.3 is 10.6 Å². The molecule has 0 radical (unpaired) electrons. The van der Waals surface area contributed by atoms with Crippen LogP contribution in [-0.4, -0.2) is 37.2 Å². The molecule has 3 aromatic heterocycles. The number of carbonyl (C=O) groups excluding carboxylic acids is 1. The molecule has 0 spiro atoms. The Kier molecular flexibility index (Phi) is 3.98. The second-order valence-electron chi connectivity index (χ2n) is 4.63. The number of anilines is 2. The van der Waals surface area contributed by atoms with E-state index in [4.69, 9.17) is 0 Å². The number of hydrogen-bond donors (Lipinski definition) is 2. The molecule has 8 nitrogen and oxygen atoms in total. The van der Waals surface area contributed by atoms with Gasteiger partial charge >= 0.3 is 6.18 Å². The molecule has 0 unspecified atom stereocenters. The predicted octanol–water partition coefficient (Wildman–Crippen LogP) is 1.59. The lowest BCUT2D eigenvalue weighted by Crippen LogP contribution is -2.23. The third kappa shape index (κ3) is 3.39. The van der Waals surface area contributed by atoms with Gasteiger partial charge in [0.1, 0.15) is 11.6 Å². The van der Waals surface area contributed by atoms with Crippen LogP contribution < -0.4 is 10.6 Å².